The second-order valence-corrected chi connectivity index (χ2v) is 7.32. The second-order valence-electron chi connectivity index (χ2n) is 7.32. The Morgan fingerprint density at radius 1 is 0.792 bits per heavy atom. The molecular weight excluding hydrogens is 312 g/mol. The average Bonchev–Trinajstić information content (AvgIpc) is 2.44. The van der Waals surface area contributed by atoms with Gasteiger partial charge in [-0.2, -0.15) is 0 Å². The van der Waals surface area contributed by atoms with E-state index in [4.69, 9.17) is 0 Å². The first-order valence-corrected chi connectivity index (χ1v) is 7.76. The van der Waals surface area contributed by atoms with Gasteiger partial charge in [-0.15, -0.1) is 0 Å². The molecule has 1 rings (SSSR count). The Bertz CT molecular complexity index is 599. The number of aromatic carboxylic acids is 2. The summed E-state index contributed by atoms with van der Waals surface area (Å²) < 4.78 is 0. The molecule has 0 saturated heterocycles. The molecule has 6 nitrogen and oxygen atoms in total. The fourth-order valence-electron chi connectivity index (χ4n) is 2.72. The molecule has 0 saturated carbocycles. The number of benzene rings is 1. The van der Waals surface area contributed by atoms with Gasteiger partial charge in [0.15, 0.2) is 0 Å². The number of aliphatic hydroxyl groups is 2. The molecule has 24 heavy (non-hydrogen) atoms. The highest BCUT2D eigenvalue weighted by Crippen LogP contribution is 2.42. The van der Waals surface area contributed by atoms with Crippen LogP contribution in [0, 0.1) is 0 Å². The van der Waals surface area contributed by atoms with Crippen molar-refractivity contribution < 1.29 is 30.0 Å². The van der Waals surface area contributed by atoms with Crippen LogP contribution < -0.4 is 0 Å². The van der Waals surface area contributed by atoms with Gasteiger partial charge in [0, 0.05) is 10.8 Å². The molecule has 0 aliphatic heterocycles. The number of hydrogen-bond donors (Lipinski definition) is 4. The van der Waals surface area contributed by atoms with Gasteiger partial charge in [-0.3, -0.25) is 0 Å². The van der Waals surface area contributed by atoms with Crippen molar-refractivity contribution in [2.24, 2.45) is 0 Å². The summed E-state index contributed by atoms with van der Waals surface area (Å²) in [4.78, 5) is 23.5. The van der Waals surface area contributed by atoms with Gasteiger partial charge in [-0.25, -0.2) is 9.59 Å². The van der Waals surface area contributed by atoms with Crippen LogP contribution in [-0.4, -0.2) is 44.6 Å². The summed E-state index contributed by atoms with van der Waals surface area (Å²) in [5.41, 5.74) is -1.74. The third-order valence-electron chi connectivity index (χ3n) is 5.04. The van der Waals surface area contributed by atoms with E-state index in [-0.39, 0.29) is 22.3 Å². The molecule has 2 atom stereocenters. The van der Waals surface area contributed by atoms with Crippen molar-refractivity contribution in [3.63, 3.8) is 0 Å². The standard InChI is InChI=1S/C18H26O6/c1-9(19)17(3,4)13-11(15(21)22)7-8-12(16(23)24)14(13)18(5,6)10(2)20/h7-10,19-20H,1-6H3,(H,21,22)(H,23,24). The normalized spacial score (nSPS) is 15.0. The van der Waals surface area contributed by atoms with E-state index >= 15 is 0 Å². The minimum atomic E-state index is -1.21. The number of carbonyl (C=O) groups is 2. The molecule has 0 aromatic heterocycles. The Balaban J connectivity index is 4.10. The predicted molar refractivity (Wildman–Crippen MR) is 89.8 cm³/mol. The molecule has 4 N–H and O–H groups in total. The largest absolute Gasteiger partial charge is 0.478 e. The second kappa shape index (κ2) is 6.53. The number of hydrogen-bond acceptors (Lipinski definition) is 4. The van der Waals surface area contributed by atoms with Crippen LogP contribution in [0.25, 0.3) is 0 Å². The van der Waals surface area contributed by atoms with Crippen molar-refractivity contribution in [1.29, 1.82) is 0 Å². The van der Waals surface area contributed by atoms with Crippen molar-refractivity contribution in [1.82, 2.24) is 0 Å². The van der Waals surface area contributed by atoms with Crippen LogP contribution in [0.3, 0.4) is 0 Å². The van der Waals surface area contributed by atoms with E-state index in [1.165, 1.54) is 26.0 Å². The van der Waals surface area contributed by atoms with Crippen LogP contribution in [0.15, 0.2) is 12.1 Å². The number of rotatable bonds is 6. The van der Waals surface area contributed by atoms with E-state index in [1.54, 1.807) is 27.7 Å². The van der Waals surface area contributed by atoms with Crippen LogP contribution >= 0.6 is 0 Å². The smallest absolute Gasteiger partial charge is 0.335 e. The zero-order chi connectivity index (χ0) is 19.0. The summed E-state index contributed by atoms with van der Waals surface area (Å²) in [5.74, 6) is -2.42. The van der Waals surface area contributed by atoms with Gasteiger partial charge in [-0.05, 0) is 37.1 Å². The Labute approximate surface area is 141 Å². The fraction of sp³-hybridized carbons (Fsp3) is 0.556. The molecule has 0 radical (unpaired) electrons. The third kappa shape index (κ3) is 3.30. The Morgan fingerprint density at radius 2 is 1.04 bits per heavy atom. The lowest BCUT2D eigenvalue weighted by atomic mass is 9.66. The molecule has 1 aromatic rings. The Morgan fingerprint density at radius 3 is 1.21 bits per heavy atom. The van der Waals surface area contributed by atoms with Gasteiger partial charge in [0.25, 0.3) is 0 Å². The molecule has 0 fully saturated rings. The van der Waals surface area contributed by atoms with E-state index in [2.05, 4.69) is 0 Å². The quantitative estimate of drug-likeness (QED) is 0.633. The molecule has 0 spiro atoms. The minimum absolute atomic E-state index is 0.0744. The molecule has 0 aliphatic carbocycles. The van der Waals surface area contributed by atoms with Crippen LogP contribution in [-0.2, 0) is 10.8 Å². The van der Waals surface area contributed by atoms with E-state index < -0.39 is 35.0 Å². The highest BCUT2D eigenvalue weighted by molar-refractivity contribution is 5.96. The zero-order valence-electron chi connectivity index (χ0n) is 14.9. The van der Waals surface area contributed by atoms with Crippen molar-refractivity contribution >= 4 is 11.9 Å². The van der Waals surface area contributed by atoms with Crippen molar-refractivity contribution in [2.45, 2.75) is 64.6 Å². The Kier molecular flexibility index (Phi) is 5.48. The average molecular weight is 338 g/mol. The zero-order valence-corrected chi connectivity index (χ0v) is 14.9. The number of aliphatic hydroxyl groups excluding tert-OH is 2. The summed E-state index contributed by atoms with van der Waals surface area (Å²) >= 11 is 0. The summed E-state index contributed by atoms with van der Waals surface area (Å²) in [6.07, 6.45) is -1.86. The maximum atomic E-state index is 11.7. The van der Waals surface area contributed by atoms with E-state index in [0.29, 0.717) is 0 Å². The molecule has 0 bridgehead atoms. The summed E-state index contributed by atoms with van der Waals surface area (Å²) in [6.45, 7) is 9.69. The molecule has 134 valence electrons. The fourth-order valence-corrected chi connectivity index (χ4v) is 2.72. The highest BCUT2D eigenvalue weighted by atomic mass is 16.4. The topological polar surface area (TPSA) is 115 Å². The van der Waals surface area contributed by atoms with Crippen LogP contribution in [0.1, 0.15) is 73.4 Å². The minimum Gasteiger partial charge on any atom is -0.478 e. The third-order valence-corrected chi connectivity index (χ3v) is 5.04. The maximum Gasteiger partial charge on any atom is 0.335 e. The van der Waals surface area contributed by atoms with Gasteiger partial charge >= 0.3 is 11.9 Å². The molecule has 2 unspecified atom stereocenters. The summed E-state index contributed by atoms with van der Waals surface area (Å²) in [6, 6.07) is 2.49. The van der Waals surface area contributed by atoms with Gasteiger partial charge in [0.1, 0.15) is 0 Å². The summed E-state index contributed by atoms with van der Waals surface area (Å²) in [7, 11) is 0. The van der Waals surface area contributed by atoms with Crippen LogP contribution in [0.4, 0.5) is 0 Å². The SMILES string of the molecule is CC(O)C(C)(C)c1c(C(=O)O)ccc(C(=O)O)c1C(C)(C)C(C)O. The number of carboxylic acids is 2. The molecule has 6 heteroatoms. The van der Waals surface area contributed by atoms with E-state index in [1.807, 2.05) is 0 Å². The lowest BCUT2D eigenvalue weighted by Gasteiger charge is -2.39. The lowest BCUT2D eigenvalue weighted by Crippen LogP contribution is -2.41. The van der Waals surface area contributed by atoms with Crippen LogP contribution in [0.5, 0.6) is 0 Å². The van der Waals surface area contributed by atoms with Crippen LogP contribution in [0.2, 0.25) is 0 Å². The highest BCUT2D eigenvalue weighted by Gasteiger charge is 2.41. The molecule has 0 heterocycles. The first kappa shape index (κ1) is 20.1. The number of carboxylic acid groups (broad SMARTS) is 2. The van der Waals surface area contributed by atoms with Gasteiger partial charge in [0.05, 0.1) is 23.3 Å². The van der Waals surface area contributed by atoms with Crippen molar-refractivity contribution in [3.8, 4) is 0 Å². The van der Waals surface area contributed by atoms with Crippen molar-refractivity contribution in [3.05, 3.63) is 34.4 Å². The van der Waals surface area contributed by atoms with Gasteiger partial charge in [0.2, 0.25) is 0 Å². The monoisotopic (exact) mass is 338 g/mol. The molecule has 1 aromatic carbocycles. The molecule has 0 aliphatic rings. The maximum absolute atomic E-state index is 11.7. The molecule has 0 amide bonds. The first-order chi connectivity index (χ1) is 10.8. The Hall–Kier alpha value is -1.92. The van der Waals surface area contributed by atoms with Gasteiger partial charge in [-0.1, -0.05) is 27.7 Å². The van der Waals surface area contributed by atoms with E-state index in [9.17, 15) is 30.0 Å². The first-order valence-electron chi connectivity index (χ1n) is 7.76. The van der Waals surface area contributed by atoms with E-state index in [0.717, 1.165) is 0 Å². The lowest BCUT2D eigenvalue weighted by molar-refractivity contribution is 0.0659. The summed E-state index contributed by atoms with van der Waals surface area (Å²) in [5, 5.41) is 39.5. The van der Waals surface area contributed by atoms with Crippen molar-refractivity contribution in [2.75, 3.05) is 0 Å². The predicted octanol–water partition coefficient (Wildman–Crippen LogP) is 2.40. The van der Waals surface area contributed by atoms with Gasteiger partial charge < -0.3 is 20.4 Å². The molecular formula is C18H26O6.